The summed E-state index contributed by atoms with van der Waals surface area (Å²) in [5.74, 6) is 13.9. The molecular formula is C16H24O. The minimum absolute atomic E-state index is 0.0542. The van der Waals surface area contributed by atoms with Crippen LogP contribution in [0.3, 0.4) is 0 Å². The van der Waals surface area contributed by atoms with E-state index in [0.717, 1.165) is 0 Å². The first kappa shape index (κ1) is 15.8. The molecule has 0 amide bonds. The van der Waals surface area contributed by atoms with Crippen LogP contribution in [-0.4, -0.2) is 11.7 Å². The topological polar surface area (TPSA) is 20.2 Å². The molecule has 0 saturated heterocycles. The van der Waals surface area contributed by atoms with Crippen molar-refractivity contribution in [2.75, 3.05) is 6.61 Å². The van der Waals surface area contributed by atoms with E-state index in [-0.39, 0.29) is 12.5 Å². The molecule has 1 heteroatoms. The molecule has 0 bridgehead atoms. The van der Waals surface area contributed by atoms with Crippen LogP contribution in [0.1, 0.15) is 34.6 Å². The van der Waals surface area contributed by atoms with Crippen molar-refractivity contribution in [1.29, 1.82) is 0 Å². The van der Waals surface area contributed by atoms with Crippen LogP contribution in [0.15, 0.2) is 12.2 Å². The predicted octanol–water partition coefficient (Wildman–Crippen LogP) is 3.11. The second-order valence-corrected chi connectivity index (χ2v) is 4.72. The Morgan fingerprint density at radius 1 is 1.06 bits per heavy atom. The Balaban J connectivity index is 4.55. The predicted molar refractivity (Wildman–Crippen MR) is 74.1 cm³/mol. The number of aliphatic hydroxyl groups excluding tert-OH is 1. The Hall–Kier alpha value is -1.18. The standard InChI is InChI=1S/C16H24O/c1-7-8-13(3)15(5)16(6)14(4)10-9-12(2)11-17/h13-17H,2,11H2,1,3-6H3. The van der Waals surface area contributed by atoms with Gasteiger partial charge < -0.3 is 5.11 Å². The van der Waals surface area contributed by atoms with E-state index >= 15 is 0 Å². The maximum absolute atomic E-state index is 8.83. The summed E-state index contributed by atoms with van der Waals surface area (Å²) in [6, 6.07) is 0. The minimum atomic E-state index is -0.0542. The maximum Gasteiger partial charge on any atom is 0.0754 e. The van der Waals surface area contributed by atoms with E-state index in [1.807, 2.05) is 6.92 Å². The van der Waals surface area contributed by atoms with Gasteiger partial charge in [-0.1, -0.05) is 46.1 Å². The van der Waals surface area contributed by atoms with Crippen LogP contribution >= 0.6 is 0 Å². The van der Waals surface area contributed by atoms with E-state index in [1.54, 1.807) is 0 Å². The largest absolute Gasteiger partial charge is 0.391 e. The SMILES string of the molecule is C=C(C#CC(C)C(C)C(C)C(C)C#CC)CO. The van der Waals surface area contributed by atoms with Crippen LogP contribution in [0, 0.1) is 47.4 Å². The Kier molecular flexibility index (Phi) is 7.44. The molecule has 94 valence electrons. The highest BCUT2D eigenvalue weighted by Crippen LogP contribution is 2.26. The summed E-state index contributed by atoms with van der Waals surface area (Å²) in [5.41, 5.74) is 0.582. The quantitative estimate of drug-likeness (QED) is 0.738. The minimum Gasteiger partial charge on any atom is -0.391 e. The van der Waals surface area contributed by atoms with Gasteiger partial charge in [0.2, 0.25) is 0 Å². The van der Waals surface area contributed by atoms with Crippen LogP contribution in [0.5, 0.6) is 0 Å². The van der Waals surface area contributed by atoms with Gasteiger partial charge in [-0.25, -0.2) is 0 Å². The summed E-state index contributed by atoms with van der Waals surface area (Å²) in [7, 11) is 0. The summed E-state index contributed by atoms with van der Waals surface area (Å²) in [6.07, 6.45) is 0. The van der Waals surface area contributed by atoms with Crippen molar-refractivity contribution in [3.63, 3.8) is 0 Å². The molecule has 0 aromatic rings. The van der Waals surface area contributed by atoms with Crippen molar-refractivity contribution in [3.8, 4) is 23.7 Å². The third-order valence-corrected chi connectivity index (χ3v) is 3.45. The monoisotopic (exact) mass is 232 g/mol. The third-order valence-electron chi connectivity index (χ3n) is 3.45. The fraction of sp³-hybridized carbons (Fsp3) is 0.625. The van der Waals surface area contributed by atoms with Crippen molar-refractivity contribution in [1.82, 2.24) is 0 Å². The number of hydrogen-bond donors (Lipinski definition) is 1. The number of aliphatic hydroxyl groups is 1. The summed E-state index contributed by atoms with van der Waals surface area (Å²) in [5, 5.41) is 8.83. The molecule has 0 aromatic carbocycles. The van der Waals surface area contributed by atoms with Gasteiger partial charge in [-0.3, -0.25) is 0 Å². The van der Waals surface area contributed by atoms with Crippen LogP contribution in [-0.2, 0) is 0 Å². The molecule has 0 fully saturated rings. The first-order valence-corrected chi connectivity index (χ1v) is 6.16. The van der Waals surface area contributed by atoms with Crippen molar-refractivity contribution < 1.29 is 5.11 Å². The zero-order chi connectivity index (χ0) is 13.4. The van der Waals surface area contributed by atoms with Crippen molar-refractivity contribution in [3.05, 3.63) is 12.2 Å². The molecule has 0 spiro atoms. The Morgan fingerprint density at radius 2 is 1.53 bits per heavy atom. The van der Waals surface area contributed by atoms with Gasteiger partial charge in [0.25, 0.3) is 0 Å². The number of rotatable bonds is 4. The molecule has 1 N–H and O–H groups in total. The van der Waals surface area contributed by atoms with Gasteiger partial charge >= 0.3 is 0 Å². The lowest BCUT2D eigenvalue weighted by Crippen LogP contribution is -2.20. The first-order valence-electron chi connectivity index (χ1n) is 6.16. The van der Waals surface area contributed by atoms with Gasteiger partial charge in [0.05, 0.1) is 6.61 Å². The molecule has 0 radical (unpaired) electrons. The second-order valence-electron chi connectivity index (χ2n) is 4.72. The van der Waals surface area contributed by atoms with Crippen LogP contribution in [0.25, 0.3) is 0 Å². The van der Waals surface area contributed by atoms with E-state index in [4.69, 9.17) is 5.11 Å². The molecule has 0 saturated carbocycles. The van der Waals surface area contributed by atoms with E-state index < -0.39 is 0 Å². The lowest BCUT2D eigenvalue weighted by molar-refractivity contribution is 0.280. The van der Waals surface area contributed by atoms with E-state index in [9.17, 15) is 0 Å². The summed E-state index contributed by atoms with van der Waals surface area (Å²) in [4.78, 5) is 0. The smallest absolute Gasteiger partial charge is 0.0754 e. The van der Waals surface area contributed by atoms with E-state index in [0.29, 0.717) is 23.3 Å². The van der Waals surface area contributed by atoms with Crippen molar-refractivity contribution in [2.45, 2.75) is 34.6 Å². The Bertz CT molecular complexity index is 358. The van der Waals surface area contributed by atoms with Crippen LogP contribution in [0.4, 0.5) is 0 Å². The molecule has 0 rings (SSSR count). The van der Waals surface area contributed by atoms with E-state index in [2.05, 4.69) is 58.0 Å². The first-order chi connectivity index (χ1) is 7.93. The van der Waals surface area contributed by atoms with Gasteiger partial charge in [0.15, 0.2) is 0 Å². The highest BCUT2D eigenvalue weighted by atomic mass is 16.3. The normalized spacial score (nSPS) is 16.6. The maximum atomic E-state index is 8.83. The third kappa shape index (κ3) is 5.62. The number of hydrogen-bond acceptors (Lipinski definition) is 1. The summed E-state index contributed by atoms with van der Waals surface area (Å²) >= 11 is 0. The zero-order valence-corrected chi connectivity index (χ0v) is 11.7. The average molecular weight is 232 g/mol. The molecule has 0 aliphatic rings. The Labute approximate surface area is 106 Å². The van der Waals surface area contributed by atoms with Crippen LogP contribution in [0.2, 0.25) is 0 Å². The highest BCUT2D eigenvalue weighted by molar-refractivity contribution is 5.26. The van der Waals surface area contributed by atoms with Crippen molar-refractivity contribution in [2.24, 2.45) is 23.7 Å². The molecule has 0 aliphatic carbocycles. The zero-order valence-electron chi connectivity index (χ0n) is 11.7. The van der Waals surface area contributed by atoms with Crippen molar-refractivity contribution >= 4 is 0 Å². The molecule has 1 nitrogen and oxygen atoms in total. The fourth-order valence-electron chi connectivity index (χ4n) is 1.66. The molecule has 4 unspecified atom stereocenters. The molecule has 17 heavy (non-hydrogen) atoms. The van der Waals surface area contributed by atoms with Gasteiger partial charge in [-0.2, -0.15) is 0 Å². The molecule has 0 aliphatic heterocycles. The lowest BCUT2D eigenvalue weighted by atomic mass is 9.79. The lowest BCUT2D eigenvalue weighted by Gasteiger charge is -2.25. The van der Waals surface area contributed by atoms with Crippen LogP contribution < -0.4 is 0 Å². The van der Waals surface area contributed by atoms with Gasteiger partial charge in [0, 0.05) is 17.4 Å². The second kappa shape index (κ2) is 7.99. The van der Waals surface area contributed by atoms with Gasteiger partial charge in [-0.15, -0.1) is 11.8 Å². The molecule has 0 heterocycles. The van der Waals surface area contributed by atoms with Gasteiger partial charge in [0.1, 0.15) is 0 Å². The average Bonchev–Trinajstić information content (AvgIpc) is 2.33. The fourth-order valence-corrected chi connectivity index (χ4v) is 1.66. The van der Waals surface area contributed by atoms with E-state index in [1.165, 1.54) is 0 Å². The molecule has 0 aromatic heterocycles. The van der Waals surface area contributed by atoms with Gasteiger partial charge in [-0.05, 0) is 18.8 Å². The summed E-state index contributed by atoms with van der Waals surface area (Å²) < 4.78 is 0. The molecule has 4 atom stereocenters. The Morgan fingerprint density at radius 3 is 1.94 bits per heavy atom. The molecular weight excluding hydrogens is 208 g/mol. The highest BCUT2D eigenvalue weighted by Gasteiger charge is 2.21. The summed E-state index contributed by atoms with van der Waals surface area (Å²) in [6.45, 7) is 14.2.